The zero-order chi connectivity index (χ0) is 8.57. The van der Waals surface area contributed by atoms with E-state index in [-0.39, 0.29) is 0 Å². The molecule has 0 radical (unpaired) electrons. The molecule has 0 aromatic rings. The molecular formula is C8H18N2. The third kappa shape index (κ3) is 10.2. The van der Waals surface area contributed by atoms with E-state index in [0.717, 1.165) is 5.71 Å². The number of rotatable bonds is 2. The van der Waals surface area contributed by atoms with Gasteiger partial charge in [0.05, 0.1) is 0 Å². The summed E-state index contributed by atoms with van der Waals surface area (Å²) in [5.41, 5.74) is 1.03. The fraction of sp³-hybridized carbons (Fsp3) is 0.625. The Hall–Kier alpha value is -0.790. The molecule has 0 heterocycles. The number of hydrogen-bond donors (Lipinski definition) is 0. The van der Waals surface area contributed by atoms with Crippen molar-refractivity contribution in [3.05, 3.63) is 12.8 Å². The third-order valence-electron chi connectivity index (χ3n) is 0.622. The molecular weight excluding hydrogens is 124 g/mol. The predicted molar refractivity (Wildman–Crippen MR) is 48.1 cm³/mol. The Kier molecular flexibility index (Phi) is 9.80. The van der Waals surface area contributed by atoms with Gasteiger partial charge in [0.2, 0.25) is 0 Å². The summed E-state index contributed by atoms with van der Waals surface area (Å²) in [6.07, 6.45) is 1.66. The molecule has 0 saturated heterocycles. The summed E-state index contributed by atoms with van der Waals surface area (Å²) in [5.74, 6) is 0. The van der Waals surface area contributed by atoms with Crippen LogP contribution in [0.3, 0.4) is 0 Å². The average Bonchev–Trinajstić information content (AvgIpc) is 1.91. The number of hydrogen-bond acceptors (Lipinski definition) is 2. The zero-order valence-electron chi connectivity index (χ0n) is 7.68. The smallest absolute Gasteiger partial charge is 0.0322 e. The normalized spacial score (nSPS) is 6.90. The van der Waals surface area contributed by atoms with Gasteiger partial charge in [-0.15, -0.1) is 0 Å². The second kappa shape index (κ2) is 8.21. The van der Waals surface area contributed by atoms with E-state index in [0.29, 0.717) is 0 Å². The van der Waals surface area contributed by atoms with Crippen LogP contribution in [0.4, 0.5) is 0 Å². The Bertz CT molecular complexity index is 102. The van der Waals surface area contributed by atoms with Crippen LogP contribution in [0.15, 0.2) is 17.9 Å². The third-order valence-corrected chi connectivity index (χ3v) is 0.622. The molecule has 2 heteroatoms. The minimum absolute atomic E-state index is 1.03. The Labute approximate surface area is 64.2 Å². The van der Waals surface area contributed by atoms with Gasteiger partial charge in [0.25, 0.3) is 0 Å². The number of nitrogens with zero attached hydrogens (tertiary/aromatic N) is 2. The highest BCUT2D eigenvalue weighted by Gasteiger charge is 1.79. The Morgan fingerprint density at radius 2 is 1.80 bits per heavy atom. The van der Waals surface area contributed by atoms with Crippen molar-refractivity contribution in [2.24, 2.45) is 5.10 Å². The van der Waals surface area contributed by atoms with Crippen LogP contribution in [0, 0.1) is 0 Å². The van der Waals surface area contributed by atoms with Crippen molar-refractivity contribution < 1.29 is 0 Å². The minimum atomic E-state index is 1.03. The lowest BCUT2D eigenvalue weighted by molar-refractivity contribution is 0.491. The van der Waals surface area contributed by atoms with Crippen LogP contribution in [0.25, 0.3) is 0 Å². The fourth-order valence-corrected chi connectivity index (χ4v) is 0.356. The molecule has 0 spiro atoms. The molecule has 0 amide bonds. The highest BCUT2D eigenvalue weighted by atomic mass is 15.4. The van der Waals surface area contributed by atoms with Crippen molar-refractivity contribution in [2.45, 2.75) is 27.7 Å². The van der Waals surface area contributed by atoms with Crippen molar-refractivity contribution in [1.29, 1.82) is 0 Å². The lowest BCUT2D eigenvalue weighted by Gasteiger charge is -2.04. The van der Waals surface area contributed by atoms with Crippen LogP contribution in [-0.2, 0) is 0 Å². The molecule has 0 bridgehead atoms. The van der Waals surface area contributed by atoms with E-state index >= 15 is 0 Å². The molecule has 0 atom stereocenters. The van der Waals surface area contributed by atoms with Gasteiger partial charge in [-0.3, -0.25) is 5.01 Å². The first-order valence-corrected chi connectivity index (χ1v) is 3.54. The van der Waals surface area contributed by atoms with Crippen LogP contribution in [0.1, 0.15) is 27.7 Å². The quantitative estimate of drug-likeness (QED) is 0.427. The first kappa shape index (κ1) is 11.9. The summed E-state index contributed by atoms with van der Waals surface area (Å²) < 4.78 is 0. The van der Waals surface area contributed by atoms with Gasteiger partial charge in [0.15, 0.2) is 0 Å². The maximum absolute atomic E-state index is 4.03. The van der Waals surface area contributed by atoms with E-state index in [4.69, 9.17) is 0 Å². The van der Waals surface area contributed by atoms with Gasteiger partial charge < -0.3 is 0 Å². The van der Waals surface area contributed by atoms with Gasteiger partial charge in [-0.1, -0.05) is 20.4 Å². The molecule has 0 N–H and O–H groups in total. The van der Waals surface area contributed by atoms with E-state index in [1.807, 2.05) is 34.7 Å². The Balaban J connectivity index is 0. The molecule has 0 aromatic carbocycles. The zero-order valence-corrected chi connectivity index (χ0v) is 7.68. The summed E-state index contributed by atoms with van der Waals surface area (Å²) in [7, 11) is 1.85. The van der Waals surface area contributed by atoms with Crippen LogP contribution in [0.2, 0.25) is 0 Å². The second-order valence-corrected chi connectivity index (χ2v) is 1.80. The number of hydrazone groups is 1. The van der Waals surface area contributed by atoms with Crippen molar-refractivity contribution in [2.75, 3.05) is 7.05 Å². The molecule has 0 unspecified atom stereocenters. The van der Waals surface area contributed by atoms with E-state index in [2.05, 4.69) is 11.7 Å². The Morgan fingerprint density at radius 3 is 1.90 bits per heavy atom. The topological polar surface area (TPSA) is 15.6 Å². The van der Waals surface area contributed by atoms with E-state index in [9.17, 15) is 0 Å². The Morgan fingerprint density at radius 1 is 1.40 bits per heavy atom. The minimum Gasteiger partial charge on any atom is -0.277 e. The van der Waals surface area contributed by atoms with Crippen LogP contribution in [0.5, 0.6) is 0 Å². The monoisotopic (exact) mass is 142 g/mol. The molecule has 0 aromatic heterocycles. The van der Waals surface area contributed by atoms with Crippen LogP contribution < -0.4 is 0 Å². The van der Waals surface area contributed by atoms with Crippen LogP contribution >= 0.6 is 0 Å². The fourth-order valence-electron chi connectivity index (χ4n) is 0.356. The highest BCUT2D eigenvalue weighted by Crippen LogP contribution is 1.83. The summed E-state index contributed by atoms with van der Waals surface area (Å²) in [6.45, 7) is 11.4. The summed E-state index contributed by atoms with van der Waals surface area (Å²) in [6, 6.07) is 0. The van der Waals surface area contributed by atoms with Gasteiger partial charge >= 0.3 is 0 Å². The largest absolute Gasteiger partial charge is 0.277 e. The summed E-state index contributed by atoms with van der Waals surface area (Å²) in [4.78, 5) is 0. The maximum Gasteiger partial charge on any atom is 0.0322 e. The molecule has 0 aliphatic rings. The molecule has 0 aliphatic carbocycles. The molecule has 0 saturated carbocycles. The maximum atomic E-state index is 4.03. The molecule has 0 rings (SSSR count). The van der Waals surface area contributed by atoms with E-state index in [1.54, 1.807) is 11.2 Å². The summed E-state index contributed by atoms with van der Waals surface area (Å²) in [5, 5.41) is 5.70. The van der Waals surface area contributed by atoms with E-state index < -0.39 is 0 Å². The van der Waals surface area contributed by atoms with Gasteiger partial charge in [-0.25, -0.2) is 0 Å². The van der Waals surface area contributed by atoms with Crippen molar-refractivity contribution in [3.8, 4) is 0 Å². The van der Waals surface area contributed by atoms with Gasteiger partial charge in [0, 0.05) is 19.0 Å². The first-order valence-electron chi connectivity index (χ1n) is 3.54. The first-order chi connectivity index (χ1) is 4.66. The SMILES string of the molecule is C=CN(C)N=C(C)C.CC. The van der Waals surface area contributed by atoms with Gasteiger partial charge in [0.1, 0.15) is 0 Å². The van der Waals surface area contributed by atoms with Crippen molar-refractivity contribution >= 4 is 5.71 Å². The standard InChI is InChI=1S/C6H12N2.C2H6/c1-5-8(4)7-6(2)3;1-2/h5H,1H2,2-4H3;1-2H3. The molecule has 0 aliphatic heterocycles. The molecule has 2 nitrogen and oxygen atoms in total. The van der Waals surface area contributed by atoms with Crippen LogP contribution in [-0.4, -0.2) is 17.8 Å². The molecule has 10 heavy (non-hydrogen) atoms. The predicted octanol–water partition coefficient (Wildman–Crippen LogP) is 2.48. The second-order valence-electron chi connectivity index (χ2n) is 1.80. The summed E-state index contributed by atoms with van der Waals surface area (Å²) >= 11 is 0. The lowest BCUT2D eigenvalue weighted by atomic mass is 10.5. The molecule has 0 fully saturated rings. The lowest BCUT2D eigenvalue weighted by Crippen LogP contribution is -2.02. The van der Waals surface area contributed by atoms with Gasteiger partial charge in [-0.05, 0) is 13.8 Å². The highest BCUT2D eigenvalue weighted by molar-refractivity contribution is 5.78. The van der Waals surface area contributed by atoms with E-state index in [1.165, 1.54) is 0 Å². The van der Waals surface area contributed by atoms with Gasteiger partial charge in [-0.2, -0.15) is 5.10 Å². The van der Waals surface area contributed by atoms with Crippen molar-refractivity contribution in [1.82, 2.24) is 5.01 Å². The van der Waals surface area contributed by atoms with Crippen molar-refractivity contribution in [3.63, 3.8) is 0 Å². The molecule has 60 valence electrons. The average molecular weight is 142 g/mol.